The summed E-state index contributed by atoms with van der Waals surface area (Å²) in [5, 5.41) is 2.87. The standard InChI is InChI=1S/C20H29N3O4S/c1-5-23(6-2)28(25,26)18-12-19(22(4)14-18)20(24)21-13-16-10-8-9-11-17(16)15-27-7-3/h8-12,14H,5-7,13,15H2,1-4H3,(H,21,24). The van der Waals surface area contributed by atoms with Crippen LogP contribution in [-0.2, 0) is 35.0 Å². The second kappa shape index (κ2) is 9.86. The van der Waals surface area contributed by atoms with E-state index in [1.54, 1.807) is 20.9 Å². The molecule has 1 N–H and O–H groups in total. The molecule has 2 rings (SSSR count). The molecule has 0 bridgehead atoms. The van der Waals surface area contributed by atoms with Gasteiger partial charge in [0.1, 0.15) is 10.6 Å². The zero-order valence-electron chi connectivity index (χ0n) is 16.9. The highest BCUT2D eigenvalue weighted by atomic mass is 32.2. The van der Waals surface area contributed by atoms with E-state index in [0.29, 0.717) is 38.5 Å². The first-order chi connectivity index (χ1) is 13.3. The Morgan fingerprint density at radius 1 is 1.14 bits per heavy atom. The van der Waals surface area contributed by atoms with Crippen molar-refractivity contribution >= 4 is 15.9 Å². The highest BCUT2D eigenvalue weighted by Crippen LogP contribution is 2.19. The lowest BCUT2D eigenvalue weighted by Gasteiger charge is -2.17. The van der Waals surface area contributed by atoms with Crippen molar-refractivity contribution in [1.29, 1.82) is 0 Å². The summed E-state index contributed by atoms with van der Waals surface area (Å²) >= 11 is 0. The van der Waals surface area contributed by atoms with Crippen molar-refractivity contribution < 1.29 is 17.9 Å². The first kappa shape index (κ1) is 22.1. The summed E-state index contributed by atoms with van der Waals surface area (Å²) in [7, 11) is -1.94. The molecule has 1 aromatic heterocycles. The third-order valence-electron chi connectivity index (χ3n) is 4.58. The van der Waals surface area contributed by atoms with Gasteiger partial charge in [-0.2, -0.15) is 4.31 Å². The molecule has 0 fully saturated rings. The Morgan fingerprint density at radius 2 is 1.79 bits per heavy atom. The number of ether oxygens (including phenoxy) is 1. The molecule has 0 unspecified atom stereocenters. The van der Waals surface area contributed by atoms with Crippen LogP contribution in [0.4, 0.5) is 0 Å². The Bertz CT molecular complexity index is 902. The van der Waals surface area contributed by atoms with E-state index in [1.807, 2.05) is 31.2 Å². The fourth-order valence-electron chi connectivity index (χ4n) is 2.96. The van der Waals surface area contributed by atoms with E-state index in [1.165, 1.54) is 21.1 Å². The summed E-state index contributed by atoms with van der Waals surface area (Å²) in [4.78, 5) is 12.8. The van der Waals surface area contributed by atoms with Crippen LogP contribution in [-0.4, -0.2) is 42.9 Å². The van der Waals surface area contributed by atoms with Crippen LogP contribution in [0.15, 0.2) is 41.4 Å². The highest BCUT2D eigenvalue weighted by Gasteiger charge is 2.25. The first-order valence-corrected chi connectivity index (χ1v) is 10.9. The number of carbonyl (C=O) groups is 1. The lowest BCUT2D eigenvalue weighted by atomic mass is 10.1. The van der Waals surface area contributed by atoms with E-state index in [9.17, 15) is 13.2 Å². The summed E-state index contributed by atoms with van der Waals surface area (Å²) in [5.41, 5.74) is 2.28. The van der Waals surface area contributed by atoms with E-state index < -0.39 is 10.0 Å². The predicted octanol–water partition coefficient (Wildman–Crippen LogP) is 2.52. The summed E-state index contributed by atoms with van der Waals surface area (Å²) in [6.07, 6.45) is 1.48. The topological polar surface area (TPSA) is 80.6 Å². The SMILES string of the molecule is CCOCc1ccccc1CNC(=O)c1cc(S(=O)(=O)N(CC)CC)cn1C. The van der Waals surface area contributed by atoms with Crippen LogP contribution in [0.3, 0.4) is 0 Å². The number of rotatable bonds is 10. The molecule has 0 saturated heterocycles. The molecular weight excluding hydrogens is 378 g/mol. The fraction of sp³-hybridized carbons (Fsp3) is 0.450. The number of amides is 1. The molecule has 154 valence electrons. The molecule has 0 aliphatic heterocycles. The molecule has 2 aromatic rings. The van der Waals surface area contributed by atoms with Gasteiger partial charge in [0.2, 0.25) is 10.0 Å². The average molecular weight is 408 g/mol. The molecule has 1 aromatic carbocycles. The number of hydrogen-bond donors (Lipinski definition) is 1. The minimum absolute atomic E-state index is 0.126. The van der Waals surface area contributed by atoms with Crippen molar-refractivity contribution in [3.05, 3.63) is 53.3 Å². The second-order valence-electron chi connectivity index (χ2n) is 6.35. The Balaban J connectivity index is 2.15. The number of nitrogens with one attached hydrogen (secondary N) is 1. The smallest absolute Gasteiger partial charge is 0.268 e. The van der Waals surface area contributed by atoms with Gasteiger partial charge in [0, 0.05) is 39.5 Å². The molecule has 7 nitrogen and oxygen atoms in total. The van der Waals surface area contributed by atoms with E-state index in [4.69, 9.17) is 4.74 Å². The molecule has 0 aliphatic rings. The van der Waals surface area contributed by atoms with Crippen molar-refractivity contribution in [2.45, 2.75) is 38.8 Å². The van der Waals surface area contributed by atoms with Gasteiger partial charge in [0.15, 0.2) is 0 Å². The molecule has 8 heteroatoms. The van der Waals surface area contributed by atoms with Gasteiger partial charge in [0.05, 0.1) is 6.61 Å². The summed E-state index contributed by atoms with van der Waals surface area (Å²) < 4.78 is 33.7. The van der Waals surface area contributed by atoms with Gasteiger partial charge >= 0.3 is 0 Å². The summed E-state index contributed by atoms with van der Waals surface area (Å²) in [5.74, 6) is -0.324. The van der Waals surface area contributed by atoms with Crippen LogP contribution in [0.2, 0.25) is 0 Å². The highest BCUT2D eigenvalue weighted by molar-refractivity contribution is 7.89. The summed E-state index contributed by atoms with van der Waals surface area (Å²) in [6, 6.07) is 9.18. The third kappa shape index (κ3) is 5.01. The number of nitrogens with zero attached hydrogens (tertiary/aromatic N) is 2. The number of carbonyl (C=O) groups excluding carboxylic acids is 1. The van der Waals surface area contributed by atoms with Gasteiger partial charge in [-0.3, -0.25) is 4.79 Å². The van der Waals surface area contributed by atoms with Crippen molar-refractivity contribution in [2.24, 2.45) is 7.05 Å². The zero-order chi connectivity index (χ0) is 20.7. The van der Waals surface area contributed by atoms with Gasteiger partial charge in [-0.15, -0.1) is 0 Å². The van der Waals surface area contributed by atoms with Gasteiger partial charge in [-0.05, 0) is 24.1 Å². The number of aromatic nitrogens is 1. The second-order valence-corrected chi connectivity index (χ2v) is 8.29. The van der Waals surface area contributed by atoms with Crippen molar-refractivity contribution in [2.75, 3.05) is 19.7 Å². The molecular formula is C20H29N3O4S. The molecule has 0 saturated carbocycles. The van der Waals surface area contributed by atoms with Gasteiger partial charge in [-0.1, -0.05) is 38.1 Å². The molecule has 0 spiro atoms. The Hall–Kier alpha value is -2.16. The molecule has 0 radical (unpaired) electrons. The maximum absolute atomic E-state index is 12.7. The van der Waals surface area contributed by atoms with E-state index >= 15 is 0 Å². The average Bonchev–Trinajstić information content (AvgIpc) is 3.08. The van der Waals surface area contributed by atoms with Crippen LogP contribution in [0, 0.1) is 0 Å². The third-order valence-corrected chi connectivity index (χ3v) is 6.59. The van der Waals surface area contributed by atoms with E-state index in [0.717, 1.165) is 11.1 Å². The van der Waals surface area contributed by atoms with Crippen molar-refractivity contribution in [3.8, 4) is 0 Å². The molecule has 1 amide bonds. The Labute approximate surface area is 167 Å². The monoisotopic (exact) mass is 407 g/mol. The van der Waals surface area contributed by atoms with Gasteiger partial charge in [0.25, 0.3) is 5.91 Å². The first-order valence-electron chi connectivity index (χ1n) is 9.44. The van der Waals surface area contributed by atoms with E-state index in [-0.39, 0.29) is 10.8 Å². The minimum atomic E-state index is -3.60. The molecule has 1 heterocycles. The van der Waals surface area contributed by atoms with E-state index in [2.05, 4.69) is 5.32 Å². The maximum atomic E-state index is 12.7. The molecule has 0 atom stereocenters. The lowest BCUT2D eigenvalue weighted by molar-refractivity contribution is 0.0941. The van der Waals surface area contributed by atoms with Crippen molar-refractivity contribution in [1.82, 2.24) is 14.2 Å². The lowest BCUT2D eigenvalue weighted by Crippen LogP contribution is -2.30. The minimum Gasteiger partial charge on any atom is -0.377 e. The van der Waals surface area contributed by atoms with Crippen LogP contribution in [0.25, 0.3) is 0 Å². The van der Waals surface area contributed by atoms with Crippen LogP contribution in [0.1, 0.15) is 42.4 Å². The normalized spacial score (nSPS) is 11.8. The Kier molecular flexibility index (Phi) is 7.79. The molecule has 28 heavy (non-hydrogen) atoms. The summed E-state index contributed by atoms with van der Waals surface area (Å²) in [6.45, 7) is 7.72. The number of benzene rings is 1. The quantitative estimate of drug-likeness (QED) is 0.656. The van der Waals surface area contributed by atoms with Crippen LogP contribution in [0.5, 0.6) is 0 Å². The number of aryl methyl sites for hydroxylation is 1. The Morgan fingerprint density at radius 3 is 2.39 bits per heavy atom. The zero-order valence-corrected chi connectivity index (χ0v) is 17.8. The van der Waals surface area contributed by atoms with Crippen molar-refractivity contribution in [3.63, 3.8) is 0 Å². The van der Waals surface area contributed by atoms with Gasteiger partial charge in [-0.25, -0.2) is 8.42 Å². The fourth-order valence-corrected chi connectivity index (χ4v) is 4.49. The predicted molar refractivity (Wildman–Crippen MR) is 108 cm³/mol. The molecule has 0 aliphatic carbocycles. The largest absolute Gasteiger partial charge is 0.377 e. The maximum Gasteiger partial charge on any atom is 0.268 e. The van der Waals surface area contributed by atoms with Crippen LogP contribution >= 0.6 is 0 Å². The number of hydrogen-bond acceptors (Lipinski definition) is 4. The number of sulfonamides is 1. The van der Waals surface area contributed by atoms with Crippen LogP contribution < -0.4 is 5.32 Å². The van der Waals surface area contributed by atoms with Gasteiger partial charge < -0.3 is 14.6 Å².